The van der Waals surface area contributed by atoms with Crippen LogP contribution >= 0.6 is 0 Å². The molecule has 20 heavy (non-hydrogen) atoms. The lowest BCUT2D eigenvalue weighted by Crippen LogP contribution is -2.46. The minimum atomic E-state index is -0.357. The van der Waals surface area contributed by atoms with Crippen molar-refractivity contribution >= 4 is 5.97 Å². The lowest BCUT2D eigenvalue weighted by molar-refractivity contribution is -0.169. The van der Waals surface area contributed by atoms with Crippen LogP contribution in [0, 0.1) is 5.41 Å². The van der Waals surface area contributed by atoms with Gasteiger partial charge in [0.2, 0.25) is 0 Å². The standard InChI is InChI=1S/C16H22O4/c1-16(15(17)18-2)10-14(11-16)20-9-8-19-12-13-6-4-3-5-7-13/h3-7,14H,8-12H2,1-2H3. The Bertz CT molecular complexity index is 423. The smallest absolute Gasteiger partial charge is 0.311 e. The molecule has 2 rings (SSSR count). The van der Waals surface area contributed by atoms with E-state index in [1.54, 1.807) is 0 Å². The van der Waals surface area contributed by atoms with E-state index in [-0.39, 0.29) is 17.5 Å². The van der Waals surface area contributed by atoms with Crippen LogP contribution in [0.2, 0.25) is 0 Å². The molecule has 0 saturated heterocycles. The molecule has 0 spiro atoms. The third kappa shape index (κ3) is 3.81. The lowest BCUT2D eigenvalue weighted by Gasteiger charge is -2.42. The normalized spacial score (nSPS) is 25.0. The van der Waals surface area contributed by atoms with Gasteiger partial charge in [-0.2, -0.15) is 0 Å². The summed E-state index contributed by atoms with van der Waals surface area (Å²) in [4.78, 5) is 11.5. The molecule has 0 aliphatic heterocycles. The van der Waals surface area contributed by atoms with Crippen molar-refractivity contribution in [1.82, 2.24) is 0 Å². The van der Waals surface area contributed by atoms with Gasteiger partial charge in [0, 0.05) is 0 Å². The summed E-state index contributed by atoms with van der Waals surface area (Å²) < 4.78 is 16.0. The fourth-order valence-corrected chi connectivity index (χ4v) is 2.51. The van der Waals surface area contributed by atoms with Crippen molar-refractivity contribution in [3.8, 4) is 0 Å². The fourth-order valence-electron chi connectivity index (χ4n) is 2.51. The predicted molar refractivity (Wildman–Crippen MR) is 75.2 cm³/mol. The quantitative estimate of drug-likeness (QED) is 0.568. The Kier molecular flexibility index (Phi) is 5.15. The van der Waals surface area contributed by atoms with Crippen LogP contribution in [0.3, 0.4) is 0 Å². The number of carbonyl (C=O) groups excluding carboxylic acids is 1. The summed E-state index contributed by atoms with van der Waals surface area (Å²) in [7, 11) is 1.43. The molecule has 1 fully saturated rings. The molecule has 0 amide bonds. The molecule has 0 heterocycles. The Balaban J connectivity index is 1.54. The van der Waals surface area contributed by atoms with Gasteiger partial charge in [-0.25, -0.2) is 0 Å². The van der Waals surface area contributed by atoms with E-state index >= 15 is 0 Å². The first-order valence-electron chi connectivity index (χ1n) is 6.96. The highest BCUT2D eigenvalue weighted by molar-refractivity contribution is 5.77. The molecule has 4 nitrogen and oxygen atoms in total. The third-order valence-electron chi connectivity index (χ3n) is 3.73. The Morgan fingerprint density at radius 1 is 1.25 bits per heavy atom. The Morgan fingerprint density at radius 3 is 2.60 bits per heavy atom. The molecule has 1 saturated carbocycles. The summed E-state index contributed by atoms with van der Waals surface area (Å²) in [6, 6.07) is 10.1. The van der Waals surface area contributed by atoms with Crippen molar-refractivity contribution in [2.24, 2.45) is 5.41 Å². The zero-order valence-corrected chi connectivity index (χ0v) is 12.1. The van der Waals surface area contributed by atoms with E-state index in [0.717, 1.165) is 18.4 Å². The van der Waals surface area contributed by atoms with Crippen molar-refractivity contribution in [2.75, 3.05) is 20.3 Å². The molecular weight excluding hydrogens is 256 g/mol. The van der Waals surface area contributed by atoms with Crippen molar-refractivity contribution in [2.45, 2.75) is 32.5 Å². The van der Waals surface area contributed by atoms with E-state index in [9.17, 15) is 4.79 Å². The van der Waals surface area contributed by atoms with Crippen molar-refractivity contribution in [3.05, 3.63) is 35.9 Å². The van der Waals surface area contributed by atoms with Crippen LogP contribution in [-0.2, 0) is 25.6 Å². The summed E-state index contributed by atoms with van der Waals surface area (Å²) in [6.07, 6.45) is 1.62. The molecule has 0 unspecified atom stereocenters. The highest BCUT2D eigenvalue weighted by atomic mass is 16.5. The molecule has 0 bridgehead atoms. The second-order valence-electron chi connectivity index (χ2n) is 5.49. The van der Waals surface area contributed by atoms with Crippen LogP contribution < -0.4 is 0 Å². The molecule has 0 atom stereocenters. The summed E-state index contributed by atoms with van der Waals surface area (Å²) in [6.45, 7) is 3.66. The summed E-state index contributed by atoms with van der Waals surface area (Å²) in [5.41, 5.74) is 0.805. The average molecular weight is 278 g/mol. The Morgan fingerprint density at radius 2 is 1.95 bits per heavy atom. The molecule has 0 aromatic heterocycles. The van der Waals surface area contributed by atoms with E-state index in [4.69, 9.17) is 14.2 Å². The molecule has 0 radical (unpaired) electrons. The molecule has 0 N–H and O–H groups in total. The van der Waals surface area contributed by atoms with Crippen LogP contribution in [-0.4, -0.2) is 32.4 Å². The van der Waals surface area contributed by atoms with Gasteiger partial charge < -0.3 is 14.2 Å². The first-order valence-corrected chi connectivity index (χ1v) is 6.96. The number of esters is 1. The molecule has 1 aliphatic rings. The largest absolute Gasteiger partial charge is 0.469 e. The van der Waals surface area contributed by atoms with E-state index < -0.39 is 0 Å². The van der Waals surface area contributed by atoms with Crippen LogP contribution in [0.1, 0.15) is 25.3 Å². The van der Waals surface area contributed by atoms with E-state index in [0.29, 0.717) is 19.8 Å². The first-order chi connectivity index (χ1) is 9.64. The zero-order valence-electron chi connectivity index (χ0n) is 12.1. The molecule has 4 heteroatoms. The number of methoxy groups -OCH3 is 1. The van der Waals surface area contributed by atoms with Gasteiger partial charge in [-0.05, 0) is 25.3 Å². The SMILES string of the molecule is COC(=O)C1(C)CC(OCCOCc2ccccc2)C1. The highest BCUT2D eigenvalue weighted by Gasteiger charge is 2.47. The number of ether oxygens (including phenoxy) is 3. The van der Waals surface area contributed by atoms with Gasteiger partial charge in [0.15, 0.2) is 0 Å². The van der Waals surface area contributed by atoms with Crippen LogP contribution in [0.15, 0.2) is 30.3 Å². The number of rotatable bonds is 7. The molecule has 110 valence electrons. The number of carbonyl (C=O) groups is 1. The van der Waals surface area contributed by atoms with Gasteiger partial charge in [-0.1, -0.05) is 30.3 Å². The number of benzene rings is 1. The Hall–Kier alpha value is -1.39. The maximum Gasteiger partial charge on any atom is 0.311 e. The van der Waals surface area contributed by atoms with E-state index in [1.807, 2.05) is 37.3 Å². The van der Waals surface area contributed by atoms with Crippen molar-refractivity contribution < 1.29 is 19.0 Å². The van der Waals surface area contributed by atoms with Crippen molar-refractivity contribution in [1.29, 1.82) is 0 Å². The maximum atomic E-state index is 11.5. The van der Waals surface area contributed by atoms with Crippen LogP contribution in [0.5, 0.6) is 0 Å². The number of hydrogen-bond acceptors (Lipinski definition) is 4. The molecule has 1 aromatic rings. The second kappa shape index (κ2) is 6.86. The van der Waals surface area contributed by atoms with Gasteiger partial charge in [-0.3, -0.25) is 4.79 Å². The summed E-state index contributed by atoms with van der Waals surface area (Å²) in [5.74, 6) is -0.141. The minimum Gasteiger partial charge on any atom is -0.469 e. The molecule has 1 aliphatic carbocycles. The third-order valence-corrected chi connectivity index (χ3v) is 3.73. The first kappa shape index (κ1) is 15.0. The van der Waals surface area contributed by atoms with E-state index in [2.05, 4.69) is 0 Å². The van der Waals surface area contributed by atoms with E-state index in [1.165, 1.54) is 7.11 Å². The topological polar surface area (TPSA) is 44.8 Å². The monoisotopic (exact) mass is 278 g/mol. The summed E-state index contributed by atoms with van der Waals surface area (Å²) >= 11 is 0. The van der Waals surface area contributed by atoms with Gasteiger partial charge in [0.1, 0.15) is 0 Å². The predicted octanol–water partition coefficient (Wildman–Crippen LogP) is 2.56. The summed E-state index contributed by atoms with van der Waals surface area (Å²) in [5, 5.41) is 0. The molecule has 1 aromatic carbocycles. The van der Waals surface area contributed by atoms with Crippen LogP contribution in [0.25, 0.3) is 0 Å². The maximum absolute atomic E-state index is 11.5. The number of hydrogen-bond donors (Lipinski definition) is 0. The van der Waals surface area contributed by atoms with Gasteiger partial charge in [0.05, 0.1) is 38.4 Å². The van der Waals surface area contributed by atoms with Gasteiger partial charge in [0.25, 0.3) is 0 Å². The lowest BCUT2D eigenvalue weighted by atomic mass is 9.68. The Labute approximate surface area is 120 Å². The zero-order chi connectivity index (χ0) is 14.4. The minimum absolute atomic E-state index is 0.141. The second-order valence-corrected chi connectivity index (χ2v) is 5.49. The highest BCUT2D eigenvalue weighted by Crippen LogP contribution is 2.43. The fraction of sp³-hybridized carbons (Fsp3) is 0.562. The molecular formula is C16H22O4. The van der Waals surface area contributed by atoms with Crippen LogP contribution in [0.4, 0.5) is 0 Å². The van der Waals surface area contributed by atoms with Crippen molar-refractivity contribution in [3.63, 3.8) is 0 Å². The average Bonchev–Trinajstić information content (AvgIpc) is 2.44. The van der Waals surface area contributed by atoms with Gasteiger partial charge >= 0.3 is 5.97 Å². The van der Waals surface area contributed by atoms with Gasteiger partial charge in [-0.15, -0.1) is 0 Å².